The minimum absolute atomic E-state index is 0.0809. The molecule has 0 bridgehead atoms. The molecule has 1 aliphatic heterocycles. The maximum Gasteiger partial charge on any atom is 0.261 e. The van der Waals surface area contributed by atoms with Gasteiger partial charge in [0.15, 0.2) is 0 Å². The summed E-state index contributed by atoms with van der Waals surface area (Å²) in [5.41, 5.74) is 0.815. The van der Waals surface area contributed by atoms with Crippen LogP contribution in [0.25, 0.3) is 0 Å². The molecule has 0 aromatic heterocycles. The molecule has 1 saturated heterocycles. The van der Waals surface area contributed by atoms with Gasteiger partial charge in [-0.15, -0.1) is 0 Å². The molecule has 1 unspecified atom stereocenters. The lowest BCUT2D eigenvalue weighted by molar-refractivity contribution is -0.157. The summed E-state index contributed by atoms with van der Waals surface area (Å²) in [6, 6.07) is 35.7. The fraction of sp³-hybridized carbons (Fsp3) is 0.306. The number of methoxy groups -OCH3 is 2. The monoisotopic (exact) mass is 627 g/mol. The first-order valence-electron chi connectivity index (χ1n) is 14.9. The topological polar surface area (TPSA) is 65.1 Å². The second-order valence-electron chi connectivity index (χ2n) is 12.2. The Morgan fingerprint density at radius 3 is 1.86 bits per heavy atom. The van der Waals surface area contributed by atoms with Gasteiger partial charge in [-0.25, -0.2) is 0 Å². The minimum Gasteiger partial charge on any atom is -0.497 e. The molecular formula is C36H41NO5SSi. The van der Waals surface area contributed by atoms with E-state index in [-0.39, 0.29) is 17.5 Å². The average molecular weight is 628 g/mol. The first kappa shape index (κ1) is 31.7. The highest BCUT2D eigenvalue weighted by atomic mass is 32.2. The quantitative estimate of drug-likeness (QED) is 0.156. The van der Waals surface area contributed by atoms with E-state index in [1.807, 2.05) is 85.8 Å². The summed E-state index contributed by atoms with van der Waals surface area (Å²) in [5, 5.41) is 1.43. The average Bonchev–Trinajstić information content (AvgIpc) is 3.05. The van der Waals surface area contributed by atoms with Gasteiger partial charge in [-0.2, -0.15) is 0 Å². The van der Waals surface area contributed by atoms with Crippen LogP contribution in [0.2, 0.25) is 5.04 Å². The highest BCUT2D eigenvalue weighted by Crippen LogP contribution is 2.43. The number of ether oxygens (including phenoxy) is 2. The summed E-state index contributed by atoms with van der Waals surface area (Å²) in [5.74, 6) is 0.598. The van der Waals surface area contributed by atoms with Crippen molar-refractivity contribution in [2.45, 2.75) is 55.7 Å². The van der Waals surface area contributed by atoms with Crippen LogP contribution in [0.1, 0.15) is 33.3 Å². The highest BCUT2D eigenvalue weighted by Gasteiger charge is 2.58. The van der Waals surface area contributed by atoms with Gasteiger partial charge >= 0.3 is 0 Å². The molecule has 6 nitrogen and oxygen atoms in total. The summed E-state index contributed by atoms with van der Waals surface area (Å²) in [6.07, 6.45) is -0.500. The molecule has 230 valence electrons. The number of benzene rings is 4. The Morgan fingerprint density at radius 1 is 0.818 bits per heavy atom. The Bertz CT molecular complexity index is 1550. The largest absolute Gasteiger partial charge is 0.497 e. The third-order valence-corrected chi connectivity index (χ3v) is 15.4. The van der Waals surface area contributed by atoms with Gasteiger partial charge in [0.2, 0.25) is 5.91 Å². The fourth-order valence-electron chi connectivity index (χ4n) is 6.30. The van der Waals surface area contributed by atoms with Crippen LogP contribution in [0.15, 0.2) is 114 Å². The third-order valence-electron chi connectivity index (χ3n) is 8.50. The predicted molar refractivity (Wildman–Crippen MR) is 178 cm³/mol. The zero-order valence-electron chi connectivity index (χ0n) is 26.2. The molecule has 4 atom stereocenters. The van der Waals surface area contributed by atoms with Gasteiger partial charge in [0, 0.05) is 16.5 Å². The Balaban J connectivity index is 1.56. The number of rotatable bonds is 11. The van der Waals surface area contributed by atoms with E-state index in [1.54, 1.807) is 25.2 Å². The molecule has 44 heavy (non-hydrogen) atoms. The van der Waals surface area contributed by atoms with Crippen molar-refractivity contribution in [1.29, 1.82) is 0 Å². The number of amides is 1. The standard InChI is InChI=1S/C36H41NO5SSi/c1-26(42-44(36(2,3)4,30-18-12-8-13-19-30)31-20-14-9-15-21-31)33-34(38)37(35(33)43(39)29-16-10-7-11-17-29)25-27-22-23-28(40-5)24-32(27)41-6/h7-24,26,33,35H,25H2,1-6H3/t26-,33+,35-,43?/m1/s1. The smallest absolute Gasteiger partial charge is 0.261 e. The summed E-state index contributed by atoms with van der Waals surface area (Å²) < 4.78 is 32.6. The van der Waals surface area contributed by atoms with Gasteiger partial charge in [-0.3, -0.25) is 9.00 Å². The summed E-state index contributed by atoms with van der Waals surface area (Å²) in [7, 11) is -1.25. The van der Waals surface area contributed by atoms with Crippen LogP contribution in [0.4, 0.5) is 0 Å². The van der Waals surface area contributed by atoms with Crippen molar-refractivity contribution in [1.82, 2.24) is 4.90 Å². The molecular weight excluding hydrogens is 587 g/mol. The molecule has 0 N–H and O–H groups in total. The Hall–Kier alpha value is -3.72. The molecule has 0 radical (unpaired) electrons. The number of β-lactam (4-membered cyclic amide) rings is 1. The van der Waals surface area contributed by atoms with Crippen molar-refractivity contribution in [2.24, 2.45) is 5.92 Å². The van der Waals surface area contributed by atoms with E-state index in [1.165, 1.54) is 0 Å². The molecule has 1 fully saturated rings. The molecule has 1 heterocycles. The zero-order valence-corrected chi connectivity index (χ0v) is 28.0. The van der Waals surface area contributed by atoms with Crippen molar-refractivity contribution >= 4 is 35.4 Å². The van der Waals surface area contributed by atoms with Crippen LogP contribution in [0, 0.1) is 5.92 Å². The maximum atomic E-state index is 14.3. The Labute approximate surface area is 264 Å². The van der Waals surface area contributed by atoms with Crippen molar-refractivity contribution in [2.75, 3.05) is 14.2 Å². The zero-order chi connectivity index (χ0) is 31.5. The van der Waals surface area contributed by atoms with Crippen LogP contribution in [0.3, 0.4) is 0 Å². The maximum absolute atomic E-state index is 14.3. The molecule has 4 aromatic rings. The molecule has 1 amide bonds. The van der Waals surface area contributed by atoms with Gasteiger partial charge in [-0.05, 0) is 46.6 Å². The molecule has 1 aliphatic rings. The normalized spacial score (nSPS) is 18.3. The number of likely N-dealkylation sites (tertiary alicyclic amines) is 1. The predicted octanol–water partition coefficient (Wildman–Crippen LogP) is 5.76. The van der Waals surface area contributed by atoms with Crippen molar-refractivity contribution < 1.29 is 22.9 Å². The number of hydrogen-bond donors (Lipinski definition) is 0. The lowest BCUT2D eigenvalue weighted by Gasteiger charge is -2.52. The molecule has 0 saturated carbocycles. The van der Waals surface area contributed by atoms with Gasteiger partial charge in [0.25, 0.3) is 8.32 Å². The van der Waals surface area contributed by atoms with Crippen molar-refractivity contribution in [3.63, 3.8) is 0 Å². The van der Waals surface area contributed by atoms with Gasteiger partial charge in [0.1, 0.15) is 16.9 Å². The van der Waals surface area contributed by atoms with E-state index < -0.39 is 36.5 Å². The van der Waals surface area contributed by atoms with Crippen LogP contribution in [-0.2, 0) is 26.6 Å². The van der Waals surface area contributed by atoms with Crippen molar-refractivity contribution in [3.05, 3.63) is 115 Å². The van der Waals surface area contributed by atoms with Crippen LogP contribution >= 0.6 is 0 Å². The van der Waals surface area contributed by atoms with Crippen LogP contribution < -0.4 is 19.8 Å². The summed E-state index contributed by atoms with van der Waals surface area (Å²) in [6.45, 7) is 8.89. The van der Waals surface area contributed by atoms with E-state index in [9.17, 15) is 9.00 Å². The van der Waals surface area contributed by atoms with E-state index in [2.05, 4.69) is 45.0 Å². The van der Waals surface area contributed by atoms with Crippen LogP contribution in [-0.4, -0.2) is 49.0 Å². The first-order valence-corrected chi connectivity index (χ1v) is 18.0. The molecule has 4 aromatic carbocycles. The first-order chi connectivity index (χ1) is 21.1. The Morgan fingerprint density at radius 2 is 1.36 bits per heavy atom. The second kappa shape index (κ2) is 13.1. The number of carbonyl (C=O) groups is 1. The van der Waals surface area contributed by atoms with E-state index in [4.69, 9.17) is 13.9 Å². The fourth-order valence-corrected chi connectivity index (χ4v) is 12.7. The summed E-state index contributed by atoms with van der Waals surface area (Å²) in [4.78, 5) is 16.5. The van der Waals surface area contributed by atoms with Gasteiger partial charge < -0.3 is 18.8 Å². The van der Waals surface area contributed by atoms with Crippen molar-refractivity contribution in [3.8, 4) is 11.5 Å². The van der Waals surface area contributed by atoms with E-state index in [0.717, 1.165) is 15.9 Å². The minimum atomic E-state index is -2.96. The highest BCUT2D eigenvalue weighted by molar-refractivity contribution is 7.85. The third kappa shape index (κ3) is 5.86. The Kier molecular flexibility index (Phi) is 9.44. The molecule has 0 spiro atoms. The van der Waals surface area contributed by atoms with Gasteiger partial charge in [0.05, 0.1) is 43.6 Å². The number of hydrogen-bond acceptors (Lipinski definition) is 5. The molecule has 5 rings (SSSR count). The SMILES string of the molecule is COc1ccc(CN2C(=O)[C@H]([C@@H](C)O[Si](c3ccccc3)(c3ccccc3)C(C)(C)C)[C@H]2S(=O)c2ccccc2)c(OC)c1. The van der Waals surface area contributed by atoms with Crippen LogP contribution in [0.5, 0.6) is 11.5 Å². The second-order valence-corrected chi connectivity index (χ2v) is 18.0. The lowest BCUT2D eigenvalue weighted by Crippen LogP contribution is -2.71. The van der Waals surface area contributed by atoms with E-state index in [0.29, 0.717) is 16.4 Å². The van der Waals surface area contributed by atoms with Gasteiger partial charge in [-0.1, -0.05) is 99.6 Å². The molecule has 8 heteroatoms. The lowest BCUT2D eigenvalue weighted by atomic mass is 9.92. The number of nitrogens with zero attached hydrogens (tertiary/aromatic N) is 1. The molecule has 0 aliphatic carbocycles. The summed E-state index contributed by atoms with van der Waals surface area (Å²) >= 11 is 0. The van der Waals surface area contributed by atoms with E-state index >= 15 is 0 Å². The number of carbonyl (C=O) groups excluding carboxylic acids is 1.